The van der Waals surface area contributed by atoms with Gasteiger partial charge in [0.05, 0.1) is 17.9 Å². The molecule has 0 fully saturated rings. The molecule has 0 aliphatic heterocycles. The third kappa shape index (κ3) is 4.49. The molecule has 0 aliphatic carbocycles. The zero-order valence-corrected chi connectivity index (χ0v) is 18.8. The second-order valence-electron chi connectivity index (χ2n) is 8.25. The SMILES string of the molecule is Cc1ccc(-n2nccn2)c(C(=O)N(C)[C@H](CCc2ncc3ccccc3n2)C(C)C)n1. The molecule has 0 radical (unpaired) electrons. The van der Waals surface area contributed by atoms with E-state index in [-0.39, 0.29) is 17.9 Å². The minimum atomic E-state index is -0.154. The van der Waals surface area contributed by atoms with Crippen molar-refractivity contribution in [3.63, 3.8) is 0 Å². The van der Waals surface area contributed by atoms with Gasteiger partial charge in [-0.3, -0.25) is 4.79 Å². The summed E-state index contributed by atoms with van der Waals surface area (Å²) in [4.78, 5) is 30.4. The number of benzene rings is 1. The van der Waals surface area contributed by atoms with Gasteiger partial charge in [-0.15, -0.1) is 4.80 Å². The van der Waals surface area contributed by atoms with E-state index in [1.54, 1.807) is 17.3 Å². The van der Waals surface area contributed by atoms with Gasteiger partial charge in [-0.05, 0) is 37.5 Å². The second kappa shape index (κ2) is 9.21. The third-order valence-corrected chi connectivity index (χ3v) is 5.64. The molecular weight excluding hydrogens is 402 g/mol. The molecule has 0 bridgehead atoms. The number of hydrogen-bond acceptors (Lipinski definition) is 6. The molecule has 1 atom stereocenters. The summed E-state index contributed by atoms with van der Waals surface area (Å²) in [6.07, 6.45) is 6.45. The van der Waals surface area contributed by atoms with Gasteiger partial charge >= 0.3 is 0 Å². The van der Waals surface area contributed by atoms with Crippen LogP contribution >= 0.6 is 0 Å². The predicted octanol–water partition coefficient (Wildman–Crippen LogP) is 3.64. The number of aromatic nitrogens is 6. The first-order valence-electron chi connectivity index (χ1n) is 10.8. The average molecular weight is 430 g/mol. The summed E-state index contributed by atoms with van der Waals surface area (Å²) in [6, 6.07) is 11.6. The summed E-state index contributed by atoms with van der Waals surface area (Å²) in [5.41, 5.74) is 2.61. The molecule has 164 valence electrons. The fourth-order valence-electron chi connectivity index (χ4n) is 3.91. The minimum absolute atomic E-state index is 0.00156. The van der Waals surface area contributed by atoms with Crippen LogP contribution in [-0.4, -0.2) is 53.8 Å². The van der Waals surface area contributed by atoms with E-state index < -0.39 is 0 Å². The topological polar surface area (TPSA) is 89.7 Å². The van der Waals surface area contributed by atoms with E-state index in [1.807, 2.05) is 56.6 Å². The van der Waals surface area contributed by atoms with Crippen LogP contribution in [0, 0.1) is 12.8 Å². The molecule has 4 rings (SSSR count). The molecule has 0 N–H and O–H groups in total. The van der Waals surface area contributed by atoms with Crippen molar-refractivity contribution < 1.29 is 4.79 Å². The normalized spacial score (nSPS) is 12.3. The van der Waals surface area contributed by atoms with Gasteiger partial charge in [-0.2, -0.15) is 10.2 Å². The number of carbonyl (C=O) groups is 1. The molecule has 0 aliphatic rings. The van der Waals surface area contributed by atoms with Crippen LogP contribution in [0.25, 0.3) is 16.6 Å². The number of hydrogen-bond donors (Lipinski definition) is 0. The molecule has 0 unspecified atom stereocenters. The highest BCUT2D eigenvalue weighted by Gasteiger charge is 2.27. The fraction of sp³-hybridized carbons (Fsp3) is 0.333. The standard InChI is InChI=1S/C24H27N7O/c1-16(2)20(11-12-22-25-15-18-7-5-6-8-19(18)29-22)30(4)24(32)23-21(10-9-17(3)28-23)31-26-13-14-27-31/h5-10,13-16,20H,11-12H2,1-4H3/t20-/m1/s1. The van der Waals surface area contributed by atoms with Gasteiger partial charge in [0.25, 0.3) is 5.91 Å². The van der Waals surface area contributed by atoms with E-state index in [2.05, 4.69) is 39.0 Å². The van der Waals surface area contributed by atoms with Gasteiger partial charge in [0.1, 0.15) is 11.5 Å². The van der Waals surface area contributed by atoms with Gasteiger partial charge in [-0.25, -0.2) is 15.0 Å². The number of pyridine rings is 1. The first-order valence-corrected chi connectivity index (χ1v) is 10.8. The van der Waals surface area contributed by atoms with Crippen LogP contribution in [0.15, 0.2) is 55.0 Å². The number of amides is 1. The Kier molecular flexibility index (Phi) is 6.20. The maximum absolute atomic E-state index is 13.5. The summed E-state index contributed by atoms with van der Waals surface area (Å²) >= 11 is 0. The van der Waals surface area contributed by atoms with E-state index in [0.717, 1.165) is 28.8 Å². The lowest BCUT2D eigenvalue weighted by molar-refractivity contribution is 0.0671. The van der Waals surface area contributed by atoms with E-state index in [9.17, 15) is 4.79 Å². The molecule has 32 heavy (non-hydrogen) atoms. The van der Waals surface area contributed by atoms with Crippen molar-refractivity contribution in [3.05, 3.63) is 72.2 Å². The maximum atomic E-state index is 13.5. The molecule has 4 aromatic rings. The van der Waals surface area contributed by atoms with Crippen LogP contribution in [0.5, 0.6) is 0 Å². The summed E-state index contributed by atoms with van der Waals surface area (Å²) in [6.45, 7) is 6.11. The Morgan fingerprint density at radius 3 is 2.56 bits per heavy atom. The molecular formula is C24H27N7O. The molecule has 0 saturated heterocycles. The number of fused-ring (bicyclic) bond motifs is 1. The Labute approximate surface area is 187 Å². The molecule has 0 spiro atoms. The zero-order chi connectivity index (χ0) is 22.7. The van der Waals surface area contributed by atoms with Crippen LogP contribution in [-0.2, 0) is 6.42 Å². The Hall–Kier alpha value is -3.68. The summed E-state index contributed by atoms with van der Waals surface area (Å²) in [7, 11) is 1.83. The van der Waals surface area contributed by atoms with Crippen LogP contribution in [0.1, 0.15) is 42.3 Å². The van der Waals surface area contributed by atoms with Crippen molar-refractivity contribution in [3.8, 4) is 5.69 Å². The summed E-state index contributed by atoms with van der Waals surface area (Å²) in [5, 5.41) is 9.38. The Morgan fingerprint density at radius 2 is 1.81 bits per heavy atom. The van der Waals surface area contributed by atoms with Crippen LogP contribution in [0.4, 0.5) is 0 Å². The molecule has 1 amide bonds. The molecule has 8 heteroatoms. The van der Waals surface area contributed by atoms with Gasteiger partial charge in [0.15, 0.2) is 5.69 Å². The van der Waals surface area contributed by atoms with Crippen molar-refractivity contribution in [2.75, 3.05) is 7.05 Å². The number of para-hydroxylation sites is 1. The van der Waals surface area contributed by atoms with Gasteiger partial charge < -0.3 is 4.90 Å². The molecule has 1 aromatic carbocycles. The van der Waals surface area contributed by atoms with Crippen molar-refractivity contribution >= 4 is 16.8 Å². The van der Waals surface area contributed by atoms with Crippen LogP contribution in [0.2, 0.25) is 0 Å². The predicted molar refractivity (Wildman–Crippen MR) is 122 cm³/mol. The third-order valence-electron chi connectivity index (χ3n) is 5.64. The molecule has 3 aromatic heterocycles. The van der Waals surface area contributed by atoms with Crippen molar-refractivity contribution in [2.45, 2.75) is 39.7 Å². The van der Waals surface area contributed by atoms with Crippen molar-refractivity contribution in [1.29, 1.82) is 0 Å². The van der Waals surface area contributed by atoms with Crippen LogP contribution in [0.3, 0.4) is 0 Å². The highest BCUT2D eigenvalue weighted by Crippen LogP contribution is 2.21. The largest absolute Gasteiger partial charge is 0.337 e. The van der Waals surface area contributed by atoms with Crippen molar-refractivity contribution in [1.82, 2.24) is 34.8 Å². The van der Waals surface area contributed by atoms with E-state index in [1.165, 1.54) is 4.80 Å². The Morgan fingerprint density at radius 1 is 1.06 bits per heavy atom. The Bertz CT molecular complexity index is 1220. The maximum Gasteiger partial charge on any atom is 0.274 e. The molecule has 3 heterocycles. The smallest absolute Gasteiger partial charge is 0.274 e. The highest BCUT2D eigenvalue weighted by atomic mass is 16.2. The first kappa shape index (κ1) is 21.5. The lowest BCUT2D eigenvalue weighted by Gasteiger charge is -2.31. The average Bonchev–Trinajstić information content (AvgIpc) is 3.33. The summed E-state index contributed by atoms with van der Waals surface area (Å²) in [5.74, 6) is 0.880. The van der Waals surface area contributed by atoms with E-state index in [4.69, 9.17) is 0 Å². The second-order valence-corrected chi connectivity index (χ2v) is 8.25. The number of aryl methyl sites for hydroxylation is 2. The monoisotopic (exact) mass is 429 g/mol. The lowest BCUT2D eigenvalue weighted by atomic mass is 9.97. The zero-order valence-electron chi connectivity index (χ0n) is 18.8. The highest BCUT2D eigenvalue weighted by molar-refractivity contribution is 5.95. The minimum Gasteiger partial charge on any atom is -0.337 e. The van der Waals surface area contributed by atoms with Gasteiger partial charge in [-0.1, -0.05) is 32.0 Å². The lowest BCUT2D eigenvalue weighted by Crippen LogP contribution is -2.41. The quantitative estimate of drug-likeness (QED) is 0.446. The van der Waals surface area contributed by atoms with E-state index >= 15 is 0 Å². The number of rotatable bonds is 7. The van der Waals surface area contributed by atoms with Crippen molar-refractivity contribution in [2.24, 2.45) is 5.92 Å². The fourth-order valence-corrected chi connectivity index (χ4v) is 3.91. The Balaban J connectivity index is 1.56. The van der Waals surface area contributed by atoms with Gasteiger partial charge in [0, 0.05) is 36.8 Å². The van der Waals surface area contributed by atoms with E-state index in [0.29, 0.717) is 17.8 Å². The number of carbonyl (C=O) groups excluding carboxylic acids is 1. The first-order chi connectivity index (χ1) is 15.4. The summed E-state index contributed by atoms with van der Waals surface area (Å²) < 4.78 is 0. The van der Waals surface area contributed by atoms with Gasteiger partial charge in [0.2, 0.25) is 0 Å². The molecule has 8 nitrogen and oxygen atoms in total. The number of nitrogens with zero attached hydrogens (tertiary/aromatic N) is 7. The molecule has 0 saturated carbocycles. The van der Waals surface area contributed by atoms with Crippen LogP contribution < -0.4 is 0 Å².